The first kappa shape index (κ1) is 16.8. The van der Waals surface area contributed by atoms with Crippen molar-refractivity contribution in [2.75, 3.05) is 19.0 Å². The van der Waals surface area contributed by atoms with E-state index in [0.29, 0.717) is 0 Å². The molecule has 21 heavy (non-hydrogen) atoms. The molecule has 0 aliphatic heterocycles. The van der Waals surface area contributed by atoms with E-state index in [1.807, 2.05) is 0 Å². The molecule has 0 bridgehead atoms. The van der Waals surface area contributed by atoms with Crippen LogP contribution in [0.25, 0.3) is 0 Å². The van der Waals surface area contributed by atoms with Crippen LogP contribution in [0.5, 0.6) is 0 Å². The number of nitrogens with one attached hydrogen (secondary N) is 1. The summed E-state index contributed by atoms with van der Waals surface area (Å²) in [7, 11) is 1.10. The molecule has 0 atom stereocenters. The highest BCUT2D eigenvalue weighted by Gasteiger charge is 2.28. The number of nitro benzene ring substituents is 1. The maximum absolute atomic E-state index is 14.1. The zero-order valence-electron chi connectivity index (χ0n) is 12.2. The zero-order chi connectivity index (χ0) is 16.4. The number of ether oxygens (including phenoxy) is 1. The Morgan fingerprint density at radius 1 is 1.57 bits per heavy atom. The second kappa shape index (κ2) is 6.04. The Balaban J connectivity index is 3.41. The van der Waals surface area contributed by atoms with Crippen LogP contribution in [0.1, 0.15) is 29.8 Å². The van der Waals surface area contributed by atoms with E-state index in [-0.39, 0.29) is 23.4 Å². The van der Waals surface area contributed by atoms with E-state index in [0.717, 1.165) is 13.2 Å². The fraction of sp³-hybridized carbons (Fsp3) is 0.462. The predicted molar refractivity (Wildman–Crippen MR) is 73.9 cm³/mol. The van der Waals surface area contributed by atoms with Crippen LogP contribution in [0.2, 0.25) is 0 Å². The fourth-order valence-electron chi connectivity index (χ4n) is 1.76. The molecular formula is C13H17FN2O5. The number of nitrogens with zero attached hydrogens (tertiary/aromatic N) is 1. The van der Waals surface area contributed by atoms with Gasteiger partial charge >= 0.3 is 5.97 Å². The SMILES string of the molecule is COC(=O)c1cc(F)c(NCC(C)(C)O)c([N+](=O)[O-])c1C. The quantitative estimate of drug-likeness (QED) is 0.490. The van der Waals surface area contributed by atoms with E-state index in [9.17, 15) is 24.4 Å². The van der Waals surface area contributed by atoms with Gasteiger partial charge in [0.25, 0.3) is 5.69 Å². The molecule has 1 aromatic carbocycles. The number of hydrogen-bond acceptors (Lipinski definition) is 6. The molecule has 1 aromatic rings. The van der Waals surface area contributed by atoms with Gasteiger partial charge in [0.05, 0.1) is 23.2 Å². The summed E-state index contributed by atoms with van der Waals surface area (Å²) in [6.07, 6.45) is 0. The van der Waals surface area contributed by atoms with E-state index in [4.69, 9.17) is 0 Å². The summed E-state index contributed by atoms with van der Waals surface area (Å²) < 4.78 is 18.5. The lowest BCUT2D eigenvalue weighted by atomic mass is 10.0. The molecule has 0 unspecified atom stereocenters. The Bertz CT molecular complexity index is 581. The number of methoxy groups -OCH3 is 1. The summed E-state index contributed by atoms with van der Waals surface area (Å²) in [6, 6.07) is 0.876. The van der Waals surface area contributed by atoms with E-state index >= 15 is 0 Å². The number of aliphatic hydroxyl groups is 1. The maximum Gasteiger partial charge on any atom is 0.338 e. The first-order valence-electron chi connectivity index (χ1n) is 6.10. The Morgan fingerprint density at radius 3 is 2.57 bits per heavy atom. The molecule has 0 saturated carbocycles. The standard InChI is InChI=1S/C13H17FN2O5/c1-7-8(12(17)21-4)5-9(14)10(11(7)16(19)20)15-6-13(2,3)18/h5,15,18H,6H2,1-4H3. The minimum Gasteiger partial charge on any atom is -0.465 e. The van der Waals surface area contributed by atoms with Crippen LogP contribution in [-0.2, 0) is 4.74 Å². The molecular weight excluding hydrogens is 283 g/mol. The van der Waals surface area contributed by atoms with Crippen LogP contribution < -0.4 is 5.32 Å². The molecule has 0 heterocycles. The Morgan fingerprint density at radius 2 is 2.14 bits per heavy atom. The van der Waals surface area contributed by atoms with Gasteiger partial charge in [-0.2, -0.15) is 0 Å². The summed E-state index contributed by atoms with van der Waals surface area (Å²) in [5, 5.41) is 23.3. The molecule has 116 valence electrons. The third-order valence-corrected chi connectivity index (χ3v) is 2.79. The third-order valence-electron chi connectivity index (χ3n) is 2.79. The van der Waals surface area contributed by atoms with Crippen LogP contribution in [0, 0.1) is 22.9 Å². The van der Waals surface area contributed by atoms with Crippen molar-refractivity contribution in [3.05, 3.63) is 33.1 Å². The molecule has 0 spiro atoms. The van der Waals surface area contributed by atoms with Gasteiger partial charge in [-0.05, 0) is 26.8 Å². The van der Waals surface area contributed by atoms with Crippen molar-refractivity contribution in [1.82, 2.24) is 0 Å². The van der Waals surface area contributed by atoms with Crippen molar-refractivity contribution in [2.24, 2.45) is 0 Å². The number of benzene rings is 1. The molecule has 0 aliphatic carbocycles. The maximum atomic E-state index is 14.1. The third kappa shape index (κ3) is 3.88. The number of halogens is 1. The summed E-state index contributed by atoms with van der Waals surface area (Å²) in [5.41, 5.74) is -2.33. The van der Waals surface area contributed by atoms with Gasteiger partial charge in [0.1, 0.15) is 5.69 Å². The molecule has 0 fully saturated rings. The van der Waals surface area contributed by atoms with Crippen LogP contribution in [0.15, 0.2) is 6.07 Å². The highest BCUT2D eigenvalue weighted by atomic mass is 19.1. The normalized spacial score (nSPS) is 11.1. The molecule has 7 nitrogen and oxygen atoms in total. The number of carbonyl (C=O) groups is 1. The highest BCUT2D eigenvalue weighted by Crippen LogP contribution is 2.34. The molecule has 0 amide bonds. The zero-order valence-corrected chi connectivity index (χ0v) is 12.2. The average molecular weight is 300 g/mol. The van der Waals surface area contributed by atoms with Crippen molar-refractivity contribution < 1.29 is 24.0 Å². The van der Waals surface area contributed by atoms with E-state index < -0.39 is 28.0 Å². The average Bonchev–Trinajstić information content (AvgIpc) is 2.36. The van der Waals surface area contributed by atoms with E-state index in [1.54, 1.807) is 0 Å². The molecule has 0 aliphatic rings. The number of rotatable bonds is 5. The van der Waals surface area contributed by atoms with Crippen LogP contribution in [0.3, 0.4) is 0 Å². The molecule has 0 saturated heterocycles. The van der Waals surface area contributed by atoms with Crippen LogP contribution in [0.4, 0.5) is 15.8 Å². The van der Waals surface area contributed by atoms with Crippen molar-refractivity contribution in [2.45, 2.75) is 26.4 Å². The summed E-state index contributed by atoms with van der Waals surface area (Å²) in [5.74, 6) is -1.82. The lowest BCUT2D eigenvalue weighted by Crippen LogP contribution is -2.30. The number of esters is 1. The van der Waals surface area contributed by atoms with Crippen molar-refractivity contribution in [1.29, 1.82) is 0 Å². The summed E-state index contributed by atoms with van der Waals surface area (Å²) in [4.78, 5) is 21.9. The van der Waals surface area contributed by atoms with Gasteiger partial charge in [-0.25, -0.2) is 9.18 Å². The van der Waals surface area contributed by atoms with Crippen molar-refractivity contribution in [3.8, 4) is 0 Å². The van der Waals surface area contributed by atoms with Gasteiger partial charge in [0.2, 0.25) is 0 Å². The molecule has 1 rings (SSSR count). The largest absolute Gasteiger partial charge is 0.465 e. The monoisotopic (exact) mass is 300 g/mol. The van der Waals surface area contributed by atoms with E-state index in [1.165, 1.54) is 20.8 Å². The highest BCUT2D eigenvalue weighted by molar-refractivity contribution is 5.93. The number of hydrogen-bond donors (Lipinski definition) is 2. The van der Waals surface area contributed by atoms with Crippen molar-refractivity contribution >= 4 is 17.3 Å². The van der Waals surface area contributed by atoms with E-state index in [2.05, 4.69) is 10.1 Å². The molecule has 2 N–H and O–H groups in total. The second-order valence-corrected chi connectivity index (χ2v) is 5.17. The van der Waals surface area contributed by atoms with Crippen LogP contribution in [-0.4, -0.2) is 35.3 Å². The predicted octanol–water partition coefficient (Wildman–Crippen LogP) is 2.01. The summed E-state index contributed by atoms with van der Waals surface area (Å²) >= 11 is 0. The van der Waals surface area contributed by atoms with Gasteiger partial charge in [-0.1, -0.05) is 0 Å². The first-order chi connectivity index (χ1) is 9.58. The Kier molecular flexibility index (Phi) is 4.84. The van der Waals surface area contributed by atoms with Gasteiger partial charge in [0, 0.05) is 12.1 Å². The Hall–Kier alpha value is -2.22. The summed E-state index contributed by atoms with van der Waals surface area (Å²) in [6.45, 7) is 4.18. The molecule has 0 radical (unpaired) electrons. The number of carbonyl (C=O) groups excluding carboxylic acids is 1. The second-order valence-electron chi connectivity index (χ2n) is 5.17. The first-order valence-corrected chi connectivity index (χ1v) is 6.10. The van der Waals surface area contributed by atoms with Gasteiger partial charge in [0.15, 0.2) is 5.82 Å². The molecule has 8 heteroatoms. The molecule has 0 aromatic heterocycles. The number of anilines is 1. The lowest BCUT2D eigenvalue weighted by molar-refractivity contribution is -0.384. The number of nitro groups is 1. The minimum absolute atomic E-state index is 0.00787. The minimum atomic E-state index is -1.19. The van der Waals surface area contributed by atoms with Gasteiger partial charge in [-0.3, -0.25) is 10.1 Å². The smallest absolute Gasteiger partial charge is 0.338 e. The van der Waals surface area contributed by atoms with Gasteiger partial charge in [-0.15, -0.1) is 0 Å². The Labute approximate surface area is 120 Å². The topological polar surface area (TPSA) is 102 Å². The fourth-order valence-corrected chi connectivity index (χ4v) is 1.76. The van der Waals surface area contributed by atoms with Crippen LogP contribution >= 0.6 is 0 Å². The van der Waals surface area contributed by atoms with Gasteiger partial charge < -0.3 is 15.2 Å². The van der Waals surface area contributed by atoms with Crippen molar-refractivity contribution in [3.63, 3.8) is 0 Å². The lowest BCUT2D eigenvalue weighted by Gasteiger charge is -2.19.